The summed E-state index contributed by atoms with van der Waals surface area (Å²) >= 11 is 0. The topological polar surface area (TPSA) is 68.8 Å². The summed E-state index contributed by atoms with van der Waals surface area (Å²) in [6.07, 6.45) is 0. The second-order valence-corrected chi connectivity index (χ2v) is 6.38. The molecule has 2 aromatic carbocycles. The third kappa shape index (κ3) is 2.66. The first-order chi connectivity index (χ1) is 13.0. The first-order valence-electron chi connectivity index (χ1n) is 8.53. The number of aromatic nitrogens is 3. The molecule has 0 saturated carbocycles. The zero-order valence-corrected chi connectivity index (χ0v) is 15.3. The lowest BCUT2D eigenvalue weighted by molar-refractivity contribution is 0.373. The van der Waals surface area contributed by atoms with Crippen LogP contribution < -0.4 is 10.3 Å². The Kier molecular flexibility index (Phi) is 3.96. The van der Waals surface area contributed by atoms with Crippen molar-refractivity contribution in [3.05, 3.63) is 70.6 Å². The van der Waals surface area contributed by atoms with Crippen LogP contribution in [0.3, 0.4) is 0 Å². The van der Waals surface area contributed by atoms with Gasteiger partial charge >= 0.3 is 0 Å². The molecule has 0 amide bonds. The summed E-state index contributed by atoms with van der Waals surface area (Å²) in [4.78, 5) is 17.6. The highest BCUT2D eigenvalue weighted by Gasteiger charge is 2.20. The fraction of sp³-hybridized carbons (Fsp3) is 0.143. The summed E-state index contributed by atoms with van der Waals surface area (Å²) in [5.41, 5.74) is 3.69. The van der Waals surface area contributed by atoms with E-state index in [1.165, 1.54) is 7.11 Å². The minimum atomic E-state index is -0.135. The van der Waals surface area contributed by atoms with Gasteiger partial charge in [-0.2, -0.15) is 0 Å². The second kappa shape index (κ2) is 6.32. The molecule has 0 spiro atoms. The van der Waals surface area contributed by atoms with Crippen LogP contribution in [0.1, 0.15) is 5.69 Å². The van der Waals surface area contributed by atoms with Gasteiger partial charge in [-0.05, 0) is 25.1 Å². The molecule has 0 saturated heterocycles. The summed E-state index contributed by atoms with van der Waals surface area (Å²) in [6, 6.07) is 16.3. The number of hydrogen-bond donors (Lipinski definition) is 1. The highest BCUT2D eigenvalue weighted by atomic mass is 16.5. The van der Waals surface area contributed by atoms with E-state index in [9.17, 15) is 9.90 Å². The predicted octanol–water partition coefficient (Wildman–Crippen LogP) is 3.39. The fourth-order valence-corrected chi connectivity index (χ4v) is 3.23. The number of rotatable bonds is 3. The Balaban J connectivity index is 2.13. The molecule has 0 atom stereocenters. The number of phenols is 1. The maximum Gasteiger partial charge on any atom is 0.259 e. The second-order valence-electron chi connectivity index (χ2n) is 6.38. The maximum atomic E-state index is 12.8. The molecule has 0 bridgehead atoms. The third-order valence-electron chi connectivity index (χ3n) is 4.74. The number of nitrogens with zero attached hydrogens (tertiary/aromatic N) is 3. The van der Waals surface area contributed by atoms with Gasteiger partial charge in [-0.15, -0.1) is 0 Å². The molecule has 2 heterocycles. The smallest absolute Gasteiger partial charge is 0.259 e. The highest BCUT2D eigenvalue weighted by Crippen LogP contribution is 2.36. The number of benzene rings is 2. The van der Waals surface area contributed by atoms with Crippen molar-refractivity contribution in [2.75, 3.05) is 7.11 Å². The van der Waals surface area contributed by atoms with Gasteiger partial charge in [0, 0.05) is 29.9 Å². The summed E-state index contributed by atoms with van der Waals surface area (Å²) in [7, 11) is 3.38. The lowest BCUT2D eigenvalue weighted by Crippen LogP contribution is -2.18. The van der Waals surface area contributed by atoms with E-state index in [2.05, 4.69) is 0 Å². The first kappa shape index (κ1) is 16.9. The monoisotopic (exact) mass is 361 g/mol. The van der Waals surface area contributed by atoms with Crippen LogP contribution in [-0.4, -0.2) is 26.2 Å². The first-order valence-corrected chi connectivity index (χ1v) is 8.53. The van der Waals surface area contributed by atoms with Crippen LogP contribution >= 0.6 is 0 Å². The van der Waals surface area contributed by atoms with Crippen molar-refractivity contribution in [2.24, 2.45) is 7.05 Å². The largest absolute Gasteiger partial charge is 0.504 e. The van der Waals surface area contributed by atoms with Crippen LogP contribution in [0, 0.1) is 6.92 Å². The van der Waals surface area contributed by atoms with E-state index < -0.39 is 0 Å². The average molecular weight is 361 g/mol. The zero-order chi connectivity index (χ0) is 19.1. The molecule has 0 aliphatic carbocycles. The van der Waals surface area contributed by atoms with Gasteiger partial charge < -0.3 is 14.4 Å². The number of fused-ring (bicyclic) bond motifs is 1. The third-order valence-corrected chi connectivity index (χ3v) is 4.74. The minimum absolute atomic E-state index is 0.0530. The molecule has 0 aliphatic heterocycles. The standard InChI is InChI=1S/C21H19N3O3/c1-13-11-18(26)24-20(14-7-5-4-6-8-14)19(22-21(24)23(13)2)15-9-10-16(25)17(12-15)27-3/h4-12,25H,1-3H3. The molecule has 2 aromatic heterocycles. The number of phenolic OH excluding ortho intramolecular Hbond substituents is 1. The lowest BCUT2D eigenvalue weighted by atomic mass is 10.0. The number of methoxy groups -OCH3 is 1. The van der Waals surface area contributed by atoms with Crippen LogP contribution in [-0.2, 0) is 7.05 Å². The summed E-state index contributed by atoms with van der Waals surface area (Å²) in [6.45, 7) is 1.88. The Hall–Kier alpha value is -3.54. The number of imidazole rings is 1. The van der Waals surface area contributed by atoms with Gasteiger partial charge in [0.1, 0.15) is 0 Å². The molecule has 4 aromatic rings. The van der Waals surface area contributed by atoms with E-state index in [0.29, 0.717) is 22.9 Å². The van der Waals surface area contributed by atoms with E-state index in [4.69, 9.17) is 9.72 Å². The van der Waals surface area contributed by atoms with Gasteiger partial charge in [-0.25, -0.2) is 9.38 Å². The number of aryl methyl sites for hydroxylation is 2. The van der Waals surface area contributed by atoms with Crippen LogP contribution in [0.4, 0.5) is 0 Å². The summed E-state index contributed by atoms with van der Waals surface area (Å²) in [5.74, 6) is 0.963. The Morgan fingerprint density at radius 2 is 1.78 bits per heavy atom. The summed E-state index contributed by atoms with van der Waals surface area (Å²) < 4.78 is 8.75. The van der Waals surface area contributed by atoms with E-state index in [1.807, 2.05) is 48.9 Å². The van der Waals surface area contributed by atoms with Crippen LogP contribution in [0.15, 0.2) is 59.4 Å². The number of aromatic hydroxyl groups is 1. The van der Waals surface area contributed by atoms with E-state index in [-0.39, 0.29) is 11.3 Å². The Morgan fingerprint density at radius 3 is 2.48 bits per heavy atom. The molecule has 1 N–H and O–H groups in total. The van der Waals surface area contributed by atoms with E-state index in [0.717, 1.165) is 16.8 Å². The Morgan fingerprint density at radius 1 is 1.04 bits per heavy atom. The van der Waals surface area contributed by atoms with Crippen LogP contribution in [0.25, 0.3) is 28.3 Å². The highest BCUT2D eigenvalue weighted by molar-refractivity contribution is 5.82. The number of hydrogen-bond acceptors (Lipinski definition) is 4. The molecule has 0 aliphatic rings. The van der Waals surface area contributed by atoms with Crippen molar-refractivity contribution in [1.82, 2.24) is 14.0 Å². The minimum Gasteiger partial charge on any atom is -0.504 e. The lowest BCUT2D eigenvalue weighted by Gasteiger charge is -2.09. The molecular weight excluding hydrogens is 342 g/mol. The van der Waals surface area contributed by atoms with Gasteiger partial charge in [-0.1, -0.05) is 30.3 Å². The van der Waals surface area contributed by atoms with Gasteiger partial charge in [-0.3, -0.25) is 4.79 Å². The van der Waals surface area contributed by atoms with Crippen molar-refractivity contribution >= 4 is 5.78 Å². The van der Waals surface area contributed by atoms with Gasteiger partial charge in [0.05, 0.1) is 18.5 Å². The Bertz CT molecular complexity index is 1210. The fourth-order valence-electron chi connectivity index (χ4n) is 3.23. The number of ether oxygens (including phenoxy) is 1. The average Bonchev–Trinajstić information content (AvgIpc) is 3.08. The molecule has 136 valence electrons. The van der Waals surface area contributed by atoms with Crippen LogP contribution in [0.5, 0.6) is 11.5 Å². The van der Waals surface area contributed by atoms with Gasteiger partial charge in [0.15, 0.2) is 11.5 Å². The quantitative estimate of drug-likeness (QED) is 0.607. The van der Waals surface area contributed by atoms with Crippen molar-refractivity contribution in [3.8, 4) is 34.0 Å². The predicted molar refractivity (Wildman–Crippen MR) is 104 cm³/mol. The van der Waals surface area contributed by atoms with E-state index in [1.54, 1.807) is 28.7 Å². The van der Waals surface area contributed by atoms with Gasteiger partial charge in [0.25, 0.3) is 5.56 Å². The maximum absolute atomic E-state index is 12.8. The molecular formula is C21H19N3O3. The van der Waals surface area contributed by atoms with Gasteiger partial charge in [0.2, 0.25) is 5.78 Å². The molecule has 27 heavy (non-hydrogen) atoms. The molecule has 0 radical (unpaired) electrons. The molecule has 0 fully saturated rings. The molecule has 6 heteroatoms. The van der Waals surface area contributed by atoms with Crippen molar-refractivity contribution < 1.29 is 9.84 Å². The summed E-state index contributed by atoms with van der Waals surface area (Å²) in [5, 5.41) is 9.93. The normalized spacial score (nSPS) is 11.1. The molecule has 4 rings (SSSR count). The van der Waals surface area contributed by atoms with Crippen molar-refractivity contribution in [1.29, 1.82) is 0 Å². The van der Waals surface area contributed by atoms with Crippen LogP contribution in [0.2, 0.25) is 0 Å². The van der Waals surface area contributed by atoms with Crippen molar-refractivity contribution in [3.63, 3.8) is 0 Å². The van der Waals surface area contributed by atoms with E-state index >= 15 is 0 Å². The Labute approximate surface area is 155 Å². The molecule has 0 unspecified atom stereocenters. The van der Waals surface area contributed by atoms with Crippen molar-refractivity contribution in [2.45, 2.75) is 6.92 Å². The SMILES string of the molecule is COc1cc(-c2nc3n(C)c(C)cc(=O)n3c2-c2ccccc2)ccc1O. The zero-order valence-electron chi connectivity index (χ0n) is 15.3. The molecule has 6 nitrogen and oxygen atoms in total.